The summed E-state index contributed by atoms with van der Waals surface area (Å²) < 4.78 is 5.25. The fourth-order valence-electron chi connectivity index (χ4n) is 0.473. The minimum Gasteiger partial charge on any atom is -0.359 e. The Morgan fingerprint density at radius 1 is 1.71 bits per heavy atom. The minimum absolute atomic E-state index is 0.375. The molecule has 2 nitrogen and oxygen atoms in total. The Morgan fingerprint density at radius 2 is 2.29 bits per heavy atom. The van der Waals surface area contributed by atoms with Crippen LogP contribution in [0.5, 0.6) is 0 Å². The third kappa shape index (κ3) is 1.90. The van der Waals surface area contributed by atoms with Crippen LogP contribution in [0, 0.1) is 0 Å². The largest absolute Gasteiger partial charge is 0.359 e. The van der Waals surface area contributed by atoms with Crippen molar-refractivity contribution in [2.75, 3.05) is 6.54 Å². The molecule has 0 amide bonds. The zero-order valence-electron chi connectivity index (χ0n) is 4.77. The molecule has 0 aliphatic carbocycles. The summed E-state index contributed by atoms with van der Waals surface area (Å²) >= 11 is 0. The standard InChI is InChI=1S/C5H11NO/c1-4(2)7-5-3-6-5/h4-6H,3H2,1-2H3. The molecule has 2 heteroatoms. The Hall–Kier alpha value is -0.0800. The van der Waals surface area contributed by atoms with Crippen molar-refractivity contribution in [1.82, 2.24) is 5.32 Å². The van der Waals surface area contributed by atoms with Gasteiger partial charge in [-0.2, -0.15) is 0 Å². The van der Waals surface area contributed by atoms with Crippen LogP contribution in [-0.4, -0.2) is 18.9 Å². The summed E-state index contributed by atoms with van der Waals surface area (Å²) in [6, 6.07) is 0. The summed E-state index contributed by atoms with van der Waals surface area (Å²) in [5, 5.41) is 3.04. The molecule has 0 aromatic carbocycles. The minimum atomic E-state index is 0.375. The Bertz CT molecular complexity index is 59.1. The van der Waals surface area contributed by atoms with Gasteiger partial charge in [0, 0.05) is 6.54 Å². The van der Waals surface area contributed by atoms with Gasteiger partial charge in [-0.1, -0.05) is 0 Å². The summed E-state index contributed by atoms with van der Waals surface area (Å²) in [4.78, 5) is 0. The van der Waals surface area contributed by atoms with Gasteiger partial charge in [0.15, 0.2) is 0 Å². The van der Waals surface area contributed by atoms with Crippen LogP contribution in [0.1, 0.15) is 13.8 Å². The predicted octanol–water partition coefficient (Wildman–Crippen LogP) is 0.341. The average Bonchev–Trinajstić information content (AvgIpc) is 2.17. The van der Waals surface area contributed by atoms with Crippen LogP contribution >= 0.6 is 0 Å². The van der Waals surface area contributed by atoms with Crippen LogP contribution in [-0.2, 0) is 4.74 Å². The van der Waals surface area contributed by atoms with Gasteiger partial charge in [0.1, 0.15) is 6.23 Å². The molecule has 0 spiro atoms. The average molecular weight is 101 g/mol. The molecule has 1 atom stereocenters. The number of nitrogens with one attached hydrogen (secondary N) is 1. The number of rotatable bonds is 2. The molecule has 1 heterocycles. The van der Waals surface area contributed by atoms with E-state index in [1.165, 1.54) is 0 Å². The molecular formula is C5H11NO. The first-order valence-corrected chi connectivity index (χ1v) is 2.68. The lowest BCUT2D eigenvalue weighted by Crippen LogP contribution is -2.06. The van der Waals surface area contributed by atoms with E-state index in [1.807, 2.05) is 13.8 Å². The monoisotopic (exact) mass is 101 g/mol. The fourth-order valence-corrected chi connectivity index (χ4v) is 0.473. The summed E-state index contributed by atoms with van der Waals surface area (Å²) in [6.07, 6.45) is 0.750. The predicted molar refractivity (Wildman–Crippen MR) is 28.0 cm³/mol. The van der Waals surface area contributed by atoms with Gasteiger partial charge in [0.25, 0.3) is 0 Å². The lowest BCUT2D eigenvalue weighted by molar-refractivity contribution is 0.0626. The molecule has 0 aromatic rings. The quantitative estimate of drug-likeness (QED) is 0.508. The number of hydrogen-bond donors (Lipinski definition) is 1. The summed E-state index contributed by atoms with van der Waals surface area (Å²) in [5.74, 6) is 0. The van der Waals surface area contributed by atoms with E-state index in [2.05, 4.69) is 5.32 Å². The topological polar surface area (TPSA) is 31.2 Å². The van der Waals surface area contributed by atoms with Crippen LogP contribution in [0.15, 0.2) is 0 Å². The lowest BCUT2D eigenvalue weighted by atomic mass is 10.5. The van der Waals surface area contributed by atoms with Crippen LogP contribution in [0.2, 0.25) is 0 Å². The molecule has 0 saturated carbocycles. The molecule has 0 aromatic heterocycles. The van der Waals surface area contributed by atoms with Crippen molar-refractivity contribution in [1.29, 1.82) is 0 Å². The van der Waals surface area contributed by atoms with Crippen molar-refractivity contribution in [3.05, 3.63) is 0 Å². The molecule has 1 aliphatic rings. The lowest BCUT2D eigenvalue weighted by Gasteiger charge is -2.01. The highest BCUT2D eigenvalue weighted by molar-refractivity contribution is 4.72. The van der Waals surface area contributed by atoms with E-state index in [-0.39, 0.29) is 0 Å². The van der Waals surface area contributed by atoms with Crippen molar-refractivity contribution < 1.29 is 4.74 Å². The maximum atomic E-state index is 5.25. The van der Waals surface area contributed by atoms with E-state index in [9.17, 15) is 0 Å². The third-order valence-corrected chi connectivity index (χ3v) is 0.807. The fraction of sp³-hybridized carbons (Fsp3) is 1.00. The molecule has 1 N–H and O–H groups in total. The molecule has 1 fully saturated rings. The zero-order valence-corrected chi connectivity index (χ0v) is 4.77. The molecular weight excluding hydrogens is 90.1 g/mol. The summed E-state index contributed by atoms with van der Waals surface area (Å²) in [6.45, 7) is 5.12. The van der Waals surface area contributed by atoms with Crippen molar-refractivity contribution in [2.45, 2.75) is 26.2 Å². The smallest absolute Gasteiger partial charge is 0.121 e. The van der Waals surface area contributed by atoms with E-state index >= 15 is 0 Å². The molecule has 1 saturated heterocycles. The first-order chi connectivity index (χ1) is 3.29. The molecule has 1 rings (SSSR count). The second-order valence-electron chi connectivity index (χ2n) is 2.08. The molecule has 0 bridgehead atoms. The van der Waals surface area contributed by atoms with Crippen molar-refractivity contribution in [2.24, 2.45) is 0 Å². The molecule has 0 radical (unpaired) electrons. The second-order valence-corrected chi connectivity index (χ2v) is 2.08. The van der Waals surface area contributed by atoms with Crippen LogP contribution in [0.3, 0.4) is 0 Å². The van der Waals surface area contributed by atoms with Crippen LogP contribution < -0.4 is 5.32 Å². The number of ether oxygens (including phenoxy) is 1. The molecule has 42 valence electrons. The first-order valence-electron chi connectivity index (χ1n) is 2.68. The summed E-state index contributed by atoms with van der Waals surface area (Å²) in [5.41, 5.74) is 0. The Morgan fingerprint density at radius 3 is 2.43 bits per heavy atom. The summed E-state index contributed by atoms with van der Waals surface area (Å²) in [7, 11) is 0. The van der Waals surface area contributed by atoms with Crippen molar-refractivity contribution in [3.63, 3.8) is 0 Å². The maximum Gasteiger partial charge on any atom is 0.121 e. The SMILES string of the molecule is CC(C)OC1CN1. The van der Waals surface area contributed by atoms with E-state index in [1.54, 1.807) is 0 Å². The van der Waals surface area contributed by atoms with Gasteiger partial charge in [-0.15, -0.1) is 0 Å². The van der Waals surface area contributed by atoms with Crippen molar-refractivity contribution >= 4 is 0 Å². The van der Waals surface area contributed by atoms with Gasteiger partial charge in [0.05, 0.1) is 6.10 Å². The van der Waals surface area contributed by atoms with Gasteiger partial charge in [-0.3, -0.25) is 5.32 Å². The maximum absolute atomic E-state index is 5.25. The molecule has 1 unspecified atom stereocenters. The molecule has 7 heavy (non-hydrogen) atoms. The third-order valence-electron chi connectivity index (χ3n) is 0.807. The van der Waals surface area contributed by atoms with Gasteiger partial charge < -0.3 is 4.74 Å². The van der Waals surface area contributed by atoms with Crippen LogP contribution in [0.4, 0.5) is 0 Å². The molecule has 1 aliphatic heterocycles. The number of hydrogen-bond acceptors (Lipinski definition) is 2. The Kier molecular flexibility index (Phi) is 1.30. The Labute approximate surface area is 43.9 Å². The van der Waals surface area contributed by atoms with Gasteiger partial charge in [-0.25, -0.2) is 0 Å². The van der Waals surface area contributed by atoms with E-state index in [0.717, 1.165) is 6.54 Å². The van der Waals surface area contributed by atoms with Gasteiger partial charge >= 0.3 is 0 Å². The highest BCUT2D eigenvalue weighted by atomic mass is 16.5. The van der Waals surface area contributed by atoms with Crippen LogP contribution in [0.25, 0.3) is 0 Å². The normalized spacial score (nSPS) is 28.7. The van der Waals surface area contributed by atoms with Crippen molar-refractivity contribution in [3.8, 4) is 0 Å². The van der Waals surface area contributed by atoms with Gasteiger partial charge in [0.2, 0.25) is 0 Å². The second kappa shape index (κ2) is 1.80. The highest BCUT2D eigenvalue weighted by Gasteiger charge is 2.21. The van der Waals surface area contributed by atoms with E-state index in [4.69, 9.17) is 4.74 Å². The van der Waals surface area contributed by atoms with E-state index in [0.29, 0.717) is 12.3 Å². The Balaban J connectivity index is 1.97. The van der Waals surface area contributed by atoms with Gasteiger partial charge in [-0.05, 0) is 13.8 Å². The first kappa shape index (κ1) is 5.06. The zero-order chi connectivity index (χ0) is 5.28. The van der Waals surface area contributed by atoms with E-state index < -0.39 is 0 Å². The highest BCUT2D eigenvalue weighted by Crippen LogP contribution is 2.01.